The molecule has 1 N–H and O–H groups in total. The smallest absolute Gasteiger partial charge is 0.264 e. The maximum absolute atomic E-state index is 14.7. The molecule has 0 aliphatic rings. The van der Waals surface area contributed by atoms with Crippen molar-refractivity contribution in [1.29, 1.82) is 0 Å². The molecule has 1 amide bonds. The molecule has 3 aromatic carbocycles. The Labute approximate surface area is 224 Å². The maximum atomic E-state index is 14.7. The summed E-state index contributed by atoms with van der Waals surface area (Å²) < 4.78 is 42.8. The van der Waals surface area contributed by atoms with Gasteiger partial charge >= 0.3 is 0 Å². The minimum absolute atomic E-state index is 0.0245. The summed E-state index contributed by atoms with van der Waals surface area (Å²) in [5.41, 5.74) is 4.58. The van der Waals surface area contributed by atoms with Crippen LogP contribution < -0.4 is 4.72 Å². The first-order valence-corrected chi connectivity index (χ1v) is 14.1. The number of sulfonamides is 1. The predicted octanol–water partition coefficient (Wildman–Crippen LogP) is 6.50. The molecule has 0 spiro atoms. The molecule has 0 heterocycles. The SMILES string of the molecule is CC(C)c1cc(-c2ccc(Cl)cc2F)cc(C(C)C)c1CC(=O)NS(=O)(=O)c1ccc(CN(C)C)cc1. The van der Waals surface area contributed by atoms with Crippen LogP contribution in [-0.2, 0) is 27.8 Å². The van der Waals surface area contributed by atoms with Crippen LogP contribution in [0.2, 0.25) is 5.02 Å². The van der Waals surface area contributed by atoms with E-state index >= 15 is 0 Å². The van der Waals surface area contributed by atoms with E-state index < -0.39 is 21.7 Å². The normalized spacial score (nSPS) is 12.0. The van der Waals surface area contributed by atoms with Crippen molar-refractivity contribution in [1.82, 2.24) is 9.62 Å². The van der Waals surface area contributed by atoms with Gasteiger partial charge in [-0.1, -0.05) is 63.6 Å². The van der Waals surface area contributed by atoms with E-state index in [1.807, 2.05) is 58.8 Å². The van der Waals surface area contributed by atoms with E-state index in [4.69, 9.17) is 11.6 Å². The fourth-order valence-corrected chi connectivity index (χ4v) is 5.52. The third-order valence-electron chi connectivity index (χ3n) is 6.12. The van der Waals surface area contributed by atoms with Crippen LogP contribution in [0.25, 0.3) is 11.1 Å². The van der Waals surface area contributed by atoms with Crippen molar-refractivity contribution in [3.63, 3.8) is 0 Å². The van der Waals surface area contributed by atoms with E-state index in [1.54, 1.807) is 24.3 Å². The number of rotatable bonds is 9. The molecule has 8 heteroatoms. The van der Waals surface area contributed by atoms with Crippen LogP contribution in [-0.4, -0.2) is 33.3 Å². The molecular weight excluding hydrogens is 511 g/mol. The second-order valence-electron chi connectivity index (χ2n) is 10.2. The first-order valence-electron chi connectivity index (χ1n) is 12.2. The van der Waals surface area contributed by atoms with Gasteiger partial charge in [-0.2, -0.15) is 0 Å². The molecule has 198 valence electrons. The molecule has 0 saturated carbocycles. The number of hydrogen-bond acceptors (Lipinski definition) is 4. The molecular formula is C29H34ClFN2O3S. The van der Waals surface area contributed by atoms with E-state index in [0.717, 1.165) is 22.3 Å². The molecule has 5 nitrogen and oxygen atoms in total. The quantitative estimate of drug-likeness (QED) is 0.334. The molecule has 0 aromatic heterocycles. The van der Waals surface area contributed by atoms with Gasteiger partial charge in [0.25, 0.3) is 10.0 Å². The van der Waals surface area contributed by atoms with Crippen molar-refractivity contribution in [2.75, 3.05) is 14.1 Å². The highest BCUT2D eigenvalue weighted by Gasteiger charge is 2.23. The third kappa shape index (κ3) is 7.18. The van der Waals surface area contributed by atoms with Crippen molar-refractivity contribution in [2.45, 2.75) is 57.4 Å². The van der Waals surface area contributed by atoms with Crippen LogP contribution in [0.3, 0.4) is 0 Å². The van der Waals surface area contributed by atoms with Crippen LogP contribution in [0.4, 0.5) is 4.39 Å². The molecule has 37 heavy (non-hydrogen) atoms. The highest BCUT2D eigenvalue weighted by atomic mass is 35.5. The molecule has 0 aliphatic carbocycles. The summed E-state index contributed by atoms with van der Waals surface area (Å²) in [5, 5.41) is 0.316. The Morgan fingerprint density at radius 1 is 0.946 bits per heavy atom. The van der Waals surface area contributed by atoms with Gasteiger partial charge in [-0.05, 0) is 84.1 Å². The first-order chi connectivity index (χ1) is 17.3. The summed E-state index contributed by atoms with van der Waals surface area (Å²) >= 11 is 5.94. The summed E-state index contributed by atoms with van der Waals surface area (Å²) in [6.45, 7) is 8.66. The number of nitrogens with one attached hydrogen (secondary N) is 1. The Balaban J connectivity index is 1.94. The van der Waals surface area contributed by atoms with E-state index in [1.165, 1.54) is 18.2 Å². The van der Waals surface area contributed by atoms with Gasteiger partial charge in [0.15, 0.2) is 0 Å². The van der Waals surface area contributed by atoms with Crippen LogP contribution in [0.15, 0.2) is 59.5 Å². The molecule has 0 aliphatic heterocycles. The largest absolute Gasteiger partial charge is 0.305 e. The van der Waals surface area contributed by atoms with E-state index in [9.17, 15) is 17.6 Å². The first kappa shape index (κ1) is 28.8. The lowest BCUT2D eigenvalue weighted by Crippen LogP contribution is -2.32. The summed E-state index contributed by atoms with van der Waals surface area (Å²) in [5.74, 6) is -0.996. The van der Waals surface area contributed by atoms with Gasteiger partial charge in [-0.15, -0.1) is 0 Å². The van der Waals surface area contributed by atoms with Gasteiger partial charge < -0.3 is 4.90 Å². The van der Waals surface area contributed by atoms with Gasteiger partial charge in [0, 0.05) is 17.1 Å². The minimum Gasteiger partial charge on any atom is -0.305 e. The molecule has 3 aromatic rings. The van der Waals surface area contributed by atoms with Gasteiger partial charge in [-0.25, -0.2) is 17.5 Å². The number of amides is 1. The Kier molecular flexibility index (Phi) is 9.16. The average Bonchev–Trinajstić information content (AvgIpc) is 2.78. The zero-order valence-corrected chi connectivity index (χ0v) is 23.7. The zero-order chi connectivity index (χ0) is 27.5. The maximum Gasteiger partial charge on any atom is 0.264 e. The second-order valence-corrected chi connectivity index (χ2v) is 12.3. The average molecular weight is 545 g/mol. The Bertz CT molecular complexity index is 1360. The Morgan fingerprint density at radius 3 is 2.00 bits per heavy atom. The Morgan fingerprint density at radius 2 is 1.51 bits per heavy atom. The molecule has 0 atom stereocenters. The lowest BCUT2D eigenvalue weighted by atomic mass is 9.84. The van der Waals surface area contributed by atoms with Crippen molar-refractivity contribution in [3.05, 3.63) is 87.7 Å². The van der Waals surface area contributed by atoms with Crippen molar-refractivity contribution < 1.29 is 17.6 Å². The van der Waals surface area contributed by atoms with Gasteiger partial charge in [0.05, 0.1) is 11.3 Å². The summed E-state index contributed by atoms with van der Waals surface area (Å²) in [7, 11) is -0.166. The van der Waals surface area contributed by atoms with Gasteiger partial charge in [0.2, 0.25) is 5.91 Å². The molecule has 0 radical (unpaired) electrons. The number of halogens is 2. The fourth-order valence-electron chi connectivity index (χ4n) is 4.38. The highest BCUT2D eigenvalue weighted by molar-refractivity contribution is 7.90. The highest BCUT2D eigenvalue weighted by Crippen LogP contribution is 2.35. The van der Waals surface area contributed by atoms with Crippen LogP contribution >= 0.6 is 11.6 Å². The number of benzene rings is 3. The molecule has 0 fully saturated rings. The summed E-state index contributed by atoms with van der Waals surface area (Å²) in [6, 6.07) is 14.8. The van der Waals surface area contributed by atoms with Gasteiger partial charge in [-0.3, -0.25) is 4.79 Å². The predicted molar refractivity (Wildman–Crippen MR) is 148 cm³/mol. The lowest BCUT2D eigenvalue weighted by molar-refractivity contribution is -0.118. The molecule has 0 bridgehead atoms. The van der Waals surface area contributed by atoms with E-state index in [0.29, 0.717) is 22.7 Å². The van der Waals surface area contributed by atoms with Gasteiger partial charge in [0.1, 0.15) is 5.82 Å². The van der Waals surface area contributed by atoms with Crippen LogP contribution in [0.5, 0.6) is 0 Å². The third-order valence-corrected chi connectivity index (χ3v) is 7.75. The summed E-state index contributed by atoms with van der Waals surface area (Å²) in [4.78, 5) is 15.1. The fraction of sp³-hybridized carbons (Fsp3) is 0.345. The van der Waals surface area contributed by atoms with E-state index in [2.05, 4.69) is 4.72 Å². The summed E-state index contributed by atoms with van der Waals surface area (Å²) in [6.07, 6.45) is -0.109. The van der Waals surface area contributed by atoms with Crippen molar-refractivity contribution >= 4 is 27.5 Å². The van der Waals surface area contributed by atoms with Crippen LogP contribution in [0, 0.1) is 5.82 Å². The van der Waals surface area contributed by atoms with Crippen molar-refractivity contribution in [3.8, 4) is 11.1 Å². The topological polar surface area (TPSA) is 66.5 Å². The van der Waals surface area contributed by atoms with Crippen molar-refractivity contribution in [2.24, 2.45) is 0 Å². The number of nitrogens with zero attached hydrogens (tertiary/aromatic N) is 1. The zero-order valence-electron chi connectivity index (χ0n) is 22.1. The van der Waals surface area contributed by atoms with Crippen LogP contribution in [0.1, 0.15) is 61.8 Å². The Hall–Kier alpha value is -2.74. The lowest BCUT2D eigenvalue weighted by Gasteiger charge is -2.22. The second kappa shape index (κ2) is 11.8. The monoisotopic (exact) mass is 544 g/mol. The number of hydrogen-bond donors (Lipinski definition) is 1. The van der Waals surface area contributed by atoms with E-state index in [-0.39, 0.29) is 23.2 Å². The number of carbonyl (C=O) groups excluding carboxylic acids is 1. The molecule has 0 saturated heterocycles. The molecule has 0 unspecified atom stereocenters. The molecule has 3 rings (SSSR count). The minimum atomic E-state index is -4.03. The number of carbonyl (C=O) groups is 1. The standard InChI is InChI=1S/C29H34ClFN2O3S/c1-18(2)25-13-21(24-12-9-22(30)15-28(24)31)14-26(19(3)4)27(25)16-29(34)32-37(35,36)23-10-7-20(8-11-23)17-33(5)6/h7-15,18-19H,16-17H2,1-6H3,(H,32,34).